The van der Waals surface area contributed by atoms with Crippen LogP contribution in [0.3, 0.4) is 0 Å². The van der Waals surface area contributed by atoms with Gasteiger partial charge in [-0.2, -0.15) is 0 Å². The van der Waals surface area contributed by atoms with E-state index in [1.165, 1.54) is 18.4 Å². The van der Waals surface area contributed by atoms with Crippen LogP contribution in [0, 0.1) is 5.92 Å². The minimum absolute atomic E-state index is 0.196. The predicted molar refractivity (Wildman–Crippen MR) is 77.2 cm³/mol. The minimum atomic E-state index is 0.196. The zero-order chi connectivity index (χ0) is 13.8. The molecular weight excluding hydrogens is 254 g/mol. The monoisotopic (exact) mass is 277 g/mol. The van der Waals surface area contributed by atoms with Gasteiger partial charge in [-0.25, -0.2) is 4.98 Å². The molecule has 3 rings (SSSR count). The number of hydrogen-bond donors (Lipinski definition) is 1. The lowest BCUT2D eigenvalue weighted by atomic mass is 10.2. The molecule has 1 atom stereocenters. The summed E-state index contributed by atoms with van der Waals surface area (Å²) in [7, 11) is 0. The fourth-order valence-electron chi connectivity index (χ4n) is 2.53. The van der Waals surface area contributed by atoms with Crippen LogP contribution in [-0.4, -0.2) is 48.9 Å². The van der Waals surface area contributed by atoms with Crippen LogP contribution >= 0.6 is 0 Å². The number of rotatable bonds is 6. The van der Waals surface area contributed by atoms with Gasteiger partial charge in [-0.15, -0.1) is 0 Å². The summed E-state index contributed by atoms with van der Waals surface area (Å²) in [6.07, 6.45) is 4.63. The van der Waals surface area contributed by atoms with Crippen molar-refractivity contribution >= 4 is 5.82 Å². The van der Waals surface area contributed by atoms with Crippen LogP contribution in [0.4, 0.5) is 5.82 Å². The molecule has 1 aliphatic heterocycles. The number of anilines is 1. The van der Waals surface area contributed by atoms with Crippen molar-refractivity contribution in [1.29, 1.82) is 0 Å². The fourth-order valence-corrected chi connectivity index (χ4v) is 2.53. The molecule has 110 valence electrons. The summed E-state index contributed by atoms with van der Waals surface area (Å²) in [5.41, 5.74) is 6.92. The van der Waals surface area contributed by atoms with Crippen molar-refractivity contribution in [3.8, 4) is 0 Å². The molecule has 1 aromatic heterocycles. The Bertz CT molecular complexity index is 437. The lowest BCUT2D eigenvalue weighted by Crippen LogP contribution is -2.44. The Labute approximate surface area is 120 Å². The number of nitrogens with two attached hydrogens (primary N) is 1. The second-order valence-corrected chi connectivity index (χ2v) is 5.80. The van der Waals surface area contributed by atoms with Gasteiger partial charge in [-0.3, -0.25) is 4.90 Å². The molecule has 0 amide bonds. The zero-order valence-electron chi connectivity index (χ0n) is 11.8. The van der Waals surface area contributed by atoms with Gasteiger partial charge in [-0.05, 0) is 36.5 Å². The first-order chi connectivity index (χ1) is 9.79. The van der Waals surface area contributed by atoms with Crippen LogP contribution in [0.1, 0.15) is 18.4 Å². The van der Waals surface area contributed by atoms with E-state index in [2.05, 4.69) is 9.88 Å². The Morgan fingerprint density at radius 3 is 3.10 bits per heavy atom. The van der Waals surface area contributed by atoms with E-state index in [9.17, 15) is 0 Å². The van der Waals surface area contributed by atoms with Crippen molar-refractivity contribution in [3.63, 3.8) is 0 Å². The summed E-state index contributed by atoms with van der Waals surface area (Å²) in [4.78, 5) is 6.42. The highest BCUT2D eigenvalue weighted by molar-refractivity contribution is 5.31. The van der Waals surface area contributed by atoms with Crippen molar-refractivity contribution in [2.24, 2.45) is 5.92 Å². The summed E-state index contributed by atoms with van der Waals surface area (Å²) in [5, 5.41) is 0. The molecule has 20 heavy (non-hydrogen) atoms. The van der Waals surface area contributed by atoms with Gasteiger partial charge in [-0.1, -0.05) is 0 Å². The van der Waals surface area contributed by atoms with Crippen molar-refractivity contribution in [2.45, 2.75) is 25.5 Å². The third kappa shape index (κ3) is 4.16. The second kappa shape index (κ2) is 6.52. The smallest absolute Gasteiger partial charge is 0.123 e. The van der Waals surface area contributed by atoms with Gasteiger partial charge in [0.1, 0.15) is 5.82 Å². The maximum Gasteiger partial charge on any atom is 0.123 e. The third-order valence-corrected chi connectivity index (χ3v) is 3.83. The van der Waals surface area contributed by atoms with Gasteiger partial charge < -0.3 is 15.2 Å². The van der Waals surface area contributed by atoms with Gasteiger partial charge in [0.05, 0.1) is 19.3 Å². The maximum atomic E-state index is 5.77. The van der Waals surface area contributed by atoms with E-state index in [4.69, 9.17) is 15.2 Å². The Balaban J connectivity index is 1.44. The minimum Gasteiger partial charge on any atom is -0.384 e. The van der Waals surface area contributed by atoms with E-state index in [1.807, 2.05) is 12.1 Å². The second-order valence-electron chi connectivity index (χ2n) is 5.80. The SMILES string of the molecule is Nc1cc(CN2CCO[C@H](COCC3CC3)C2)ccn1. The summed E-state index contributed by atoms with van der Waals surface area (Å²) < 4.78 is 11.5. The standard InChI is InChI=1S/C15H23N3O2/c16-15-7-13(3-4-17-15)8-18-5-6-20-14(9-18)11-19-10-12-1-2-12/h3-4,7,12,14H,1-2,5-6,8-11H2,(H2,16,17)/t14-/m0/s1. The largest absolute Gasteiger partial charge is 0.384 e. The van der Waals surface area contributed by atoms with E-state index in [1.54, 1.807) is 6.20 Å². The van der Waals surface area contributed by atoms with E-state index in [0.29, 0.717) is 12.4 Å². The van der Waals surface area contributed by atoms with Gasteiger partial charge in [0.15, 0.2) is 0 Å². The molecule has 1 aliphatic carbocycles. The van der Waals surface area contributed by atoms with E-state index >= 15 is 0 Å². The average molecular weight is 277 g/mol. The number of morpholine rings is 1. The van der Waals surface area contributed by atoms with Crippen LogP contribution in [-0.2, 0) is 16.0 Å². The molecule has 2 N–H and O–H groups in total. The molecule has 1 saturated carbocycles. The molecule has 2 fully saturated rings. The number of ether oxygens (including phenoxy) is 2. The first-order valence-electron chi connectivity index (χ1n) is 7.42. The predicted octanol–water partition coefficient (Wildman–Crippen LogP) is 1.29. The Morgan fingerprint density at radius 2 is 2.30 bits per heavy atom. The van der Waals surface area contributed by atoms with Gasteiger partial charge in [0, 0.05) is 32.4 Å². The number of pyridine rings is 1. The highest BCUT2D eigenvalue weighted by Crippen LogP contribution is 2.28. The van der Waals surface area contributed by atoms with Gasteiger partial charge >= 0.3 is 0 Å². The van der Waals surface area contributed by atoms with E-state index in [0.717, 1.165) is 38.8 Å². The maximum absolute atomic E-state index is 5.77. The first-order valence-corrected chi connectivity index (χ1v) is 7.42. The van der Waals surface area contributed by atoms with Crippen molar-refractivity contribution < 1.29 is 9.47 Å². The van der Waals surface area contributed by atoms with Crippen molar-refractivity contribution in [2.75, 3.05) is 38.6 Å². The van der Waals surface area contributed by atoms with Crippen LogP contribution in [0.5, 0.6) is 0 Å². The molecule has 2 heterocycles. The highest BCUT2D eigenvalue weighted by atomic mass is 16.5. The zero-order valence-corrected chi connectivity index (χ0v) is 11.8. The molecule has 0 spiro atoms. The van der Waals surface area contributed by atoms with E-state index < -0.39 is 0 Å². The quantitative estimate of drug-likeness (QED) is 0.849. The van der Waals surface area contributed by atoms with Gasteiger partial charge in [0.2, 0.25) is 0 Å². The molecule has 0 aromatic carbocycles. The third-order valence-electron chi connectivity index (χ3n) is 3.83. The van der Waals surface area contributed by atoms with Crippen LogP contribution in [0.2, 0.25) is 0 Å². The Hall–Kier alpha value is -1.17. The normalized spacial score (nSPS) is 23.9. The summed E-state index contributed by atoms with van der Waals surface area (Å²) in [6.45, 7) is 5.17. The van der Waals surface area contributed by atoms with Crippen molar-refractivity contribution in [1.82, 2.24) is 9.88 Å². The van der Waals surface area contributed by atoms with Crippen molar-refractivity contribution in [3.05, 3.63) is 23.9 Å². The Morgan fingerprint density at radius 1 is 1.40 bits per heavy atom. The molecule has 1 saturated heterocycles. The number of nitrogens with zero attached hydrogens (tertiary/aromatic N) is 2. The summed E-state index contributed by atoms with van der Waals surface area (Å²) in [5.74, 6) is 1.40. The van der Waals surface area contributed by atoms with Gasteiger partial charge in [0.25, 0.3) is 0 Å². The number of nitrogen functional groups attached to an aromatic ring is 1. The number of hydrogen-bond acceptors (Lipinski definition) is 5. The lowest BCUT2D eigenvalue weighted by Gasteiger charge is -2.32. The molecule has 2 aliphatic rings. The highest BCUT2D eigenvalue weighted by Gasteiger charge is 2.24. The first kappa shape index (κ1) is 13.8. The molecule has 1 aromatic rings. The fraction of sp³-hybridized carbons (Fsp3) is 0.667. The average Bonchev–Trinajstić information content (AvgIpc) is 3.23. The summed E-state index contributed by atoms with van der Waals surface area (Å²) in [6, 6.07) is 3.96. The molecule has 0 unspecified atom stereocenters. The lowest BCUT2D eigenvalue weighted by molar-refractivity contribution is -0.0723. The van der Waals surface area contributed by atoms with Crippen LogP contribution in [0.15, 0.2) is 18.3 Å². The molecule has 0 bridgehead atoms. The van der Waals surface area contributed by atoms with Crippen LogP contribution < -0.4 is 5.73 Å². The Kier molecular flexibility index (Phi) is 4.50. The van der Waals surface area contributed by atoms with Crippen LogP contribution in [0.25, 0.3) is 0 Å². The molecule has 5 nitrogen and oxygen atoms in total. The van der Waals surface area contributed by atoms with E-state index in [-0.39, 0.29) is 6.10 Å². The molecular formula is C15H23N3O2. The number of aromatic nitrogens is 1. The summed E-state index contributed by atoms with van der Waals surface area (Å²) >= 11 is 0. The molecule has 0 radical (unpaired) electrons. The topological polar surface area (TPSA) is 60.6 Å². The molecule has 5 heteroatoms.